The third-order valence-corrected chi connectivity index (χ3v) is 2.53. The Morgan fingerprint density at radius 3 is 2.40 bits per heavy atom. The van der Waals surface area contributed by atoms with Gasteiger partial charge in [0.15, 0.2) is 0 Å². The van der Waals surface area contributed by atoms with E-state index >= 15 is 0 Å². The quantitative estimate of drug-likeness (QED) is 0.735. The zero-order valence-corrected chi connectivity index (χ0v) is 9.50. The minimum atomic E-state index is -0.122. The Bertz CT molecular complexity index is 319. The molecule has 1 unspecified atom stereocenters. The first kappa shape index (κ1) is 11.7. The fourth-order valence-electron chi connectivity index (χ4n) is 1.42. The molecule has 1 rings (SSSR count). The fourth-order valence-corrected chi connectivity index (χ4v) is 1.42. The van der Waals surface area contributed by atoms with E-state index in [4.69, 9.17) is 0 Å². The summed E-state index contributed by atoms with van der Waals surface area (Å²) in [6.07, 6.45) is 1.03. The molecular weight excluding hydrogens is 188 g/mol. The molecule has 0 bridgehead atoms. The lowest BCUT2D eigenvalue weighted by Crippen LogP contribution is -2.37. The lowest BCUT2D eigenvalue weighted by molar-refractivity contribution is -0.123. The summed E-state index contributed by atoms with van der Waals surface area (Å²) in [5.74, 6) is -0.134. The van der Waals surface area contributed by atoms with Crippen LogP contribution in [0.1, 0.15) is 30.9 Å². The van der Waals surface area contributed by atoms with Gasteiger partial charge in [-0.1, -0.05) is 31.2 Å². The summed E-state index contributed by atoms with van der Waals surface area (Å²) in [4.78, 5) is 11.5. The molecule has 1 atom stereocenters. The molecule has 0 fully saturated rings. The molecule has 82 valence electrons. The number of rotatable bonds is 4. The van der Waals surface area contributed by atoms with Gasteiger partial charge in [-0.25, -0.2) is 5.43 Å². The second-order valence-electron chi connectivity index (χ2n) is 3.56. The van der Waals surface area contributed by atoms with Crippen molar-refractivity contribution in [2.75, 3.05) is 7.05 Å². The van der Waals surface area contributed by atoms with Crippen molar-refractivity contribution in [3.8, 4) is 0 Å². The van der Waals surface area contributed by atoms with Crippen LogP contribution in [-0.2, 0) is 11.2 Å². The second kappa shape index (κ2) is 5.51. The van der Waals surface area contributed by atoms with Crippen LogP contribution in [0.2, 0.25) is 0 Å². The van der Waals surface area contributed by atoms with Crippen LogP contribution in [0.3, 0.4) is 0 Å². The topological polar surface area (TPSA) is 41.1 Å². The Hall–Kier alpha value is -1.35. The highest BCUT2D eigenvalue weighted by atomic mass is 16.2. The van der Waals surface area contributed by atoms with E-state index in [2.05, 4.69) is 29.9 Å². The molecule has 15 heavy (non-hydrogen) atoms. The first-order valence-corrected chi connectivity index (χ1v) is 5.24. The van der Waals surface area contributed by atoms with Crippen LogP contribution < -0.4 is 10.9 Å². The number of amides is 1. The number of carbonyl (C=O) groups excluding carboxylic acids is 1. The maximum absolute atomic E-state index is 11.5. The molecular formula is C12H18N2O. The maximum atomic E-state index is 11.5. The number of benzene rings is 1. The highest BCUT2D eigenvalue weighted by Crippen LogP contribution is 2.15. The van der Waals surface area contributed by atoms with Gasteiger partial charge >= 0.3 is 0 Å². The summed E-state index contributed by atoms with van der Waals surface area (Å²) in [7, 11) is 1.69. The lowest BCUT2D eigenvalue weighted by atomic mass is 9.99. The molecule has 0 heterocycles. The number of aryl methyl sites for hydroxylation is 1. The summed E-state index contributed by atoms with van der Waals surface area (Å²) in [5, 5.41) is 0. The molecule has 1 aromatic rings. The van der Waals surface area contributed by atoms with Crippen molar-refractivity contribution in [1.82, 2.24) is 10.9 Å². The molecule has 3 nitrogen and oxygen atoms in total. The minimum absolute atomic E-state index is 0.0123. The van der Waals surface area contributed by atoms with E-state index in [1.165, 1.54) is 5.56 Å². The smallest absolute Gasteiger partial charge is 0.241 e. The van der Waals surface area contributed by atoms with Crippen molar-refractivity contribution in [2.45, 2.75) is 26.2 Å². The van der Waals surface area contributed by atoms with Crippen LogP contribution in [0.25, 0.3) is 0 Å². The molecule has 1 aromatic carbocycles. The van der Waals surface area contributed by atoms with E-state index in [1.54, 1.807) is 7.05 Å². The van der Waals surface area contributed by atoms with Crippen LogP contribution in [0.15, 0.2) is 24.3 Å². The van der Waals surface area contributed by atoms with Gasteiger partial charge in [0.1, 0.15) is 0 Å². The summed E-state index contributed by atoms with van der Waals surface area (Å²) in [6.45, 7) is 4.01. The van der Waals surface area contributed by atoms with E-state index in [-0.39, 0.29) is 11.8 Å². The third-order valence-electron chi connectivity index (χ3n) is 2.53. The highest BCUT2D eigenvalue weighted by molar-refractivity contribution is 5.82. The Balaban J connectivity index is 2.73. The monoisotopic (exact) mass is 206 g/mol. The van der Waals surface area contributed by atoms with E-state index in [1.807, 2.05) is 19.1 Å². The van der Waals surface area contributed by atoms with Crippen LogP contribution in [0, 0.1) is 0 Å². The van der Waals surface area contributed by atoms with E-state index in [9.17, 15) is 4.79 Å². The van der Waals surface area contributed by atoms with Gasteiger partial charge in [-0.3, -0.25) is 10.2 Å². The SMILES string of the molecule is CCc1ccc(C(C)C(=O)NNC)cc1. The molecule has 0 saturated carbocycles. The summed E-state index contributed by atoms with van der Waals surface area (Å²) in [6, 6.07) is 8.16. The number of hydrogen-bond donors (Lipinski definition) is 2. The number of carbonyl (C=O) groups is 1. The zero-order valence-electron chi connectivity index (χ0n) is 9.50. The third kappa shape index (κ3) is 3.06. The Kier molecular flexibility index (Phi) is 4.31. The van der Waals surface area contributed by atoms with Crippen LogP contribution in [0.5, 0.6) is 0 Å². The van der Waals surface area contributed by atoms with Gasteiger partial charge in [0, 0.05) is 7.05 Å². The van der Waals surface area contributed by atoms with Crippen molar-refractivity contribution in [1.29, 1.82) is 0 Å². The van der Waals surface area contributed by atoms with Crippen molar-refractivity contribution < 1.29 is 4.79 Å². The Morgan fingerprint density at radius 1 is 1.33 bits per heavy atom. The van der Waals surface area contributed by atoms with Gasteiger partial charge in [-0.2, -0.15) is 0 Å². The molecule has 3 heteroatoms. The molecule has 0 saturated heterocycles. The van der Waals surface area contributed by atoms with Crippen LogP contribution >= 0.6 is 0 Å². The molecule has 1 amide bonds. The lowest BCUT2D eigenvalue weighted by Gasteiger charge is -2.12. The Morgan fingerprint density at radius 2 is 1.93 bits per heavy atom. The number of hydrazine groups is 1. The summed E-state index contributed by atoms with van der Waals surface area (Å²) in [5.41, 5.74) is 7.56. The van der Waals surface area contributed by atoms with Crippen molar-refractivity contribution in [2.24, 2.45) is 0 Å². The van der Waals surface area contributed by atoms with Crippen molar-refractivity contribution in [3.05, 3.63) is 35.4 Å². The summed E-state index contributed by atoms with van der Waals surface area (Å²) >= 11 is 0. The predicted molar refractivity (Wildman–Crippen MR) is 61.4 cm³/mol. The normalized spacial score (nSPS) is 12.2. The number of hydrogen-bond acceptors (Lipinski definition) is 2. The van der Waals surface area contributed by atoms with Crippen molar-refractivity contribution in [3.63, 3.8) is 0 Å². The van der Waals surface area contributed by atoms with Gasteiger partial charge in [-0.05, 0) is 24.5 Å². The first-order valence-electron chi connectivity index (χ1n) is 5.24. The molecule has 2 N–H and O–H groups in total. The average Bonchev–Trinajstić information content (AvgIpc) is 2.28. The molecule has 0 aliphatic rings. The van der Waals surface area contributed by atoms with E-state index in [0.717, 1.165) is 12.0 Å². The molecule has 0 aliphatic heterocycles. The van der Waals surface area contributed by atoms with Gasteiger partial charge in [-0.15, -0.1) is 0 Å². The van der Waals surface area contributed by atoms with Crippen molar-refractivity contribution >= 4 is 5.91 Å². The second-order valence-corrected chi connectivity index (χ2v) is 3.56. The van der Waals surface area contributed by atoms with E-state index < -0.39 is 0 Å². The van der Waals surface area contributed by atoms with Crippen LogP contribution in [-0.4, -0.2) is 13.0 Å². The van der Waals surface area contributed by atoms with E-state index in [0.29, 0.717) is 0 Å². The first-order chi connectivity index (χ1) is 7.19. The van der Waals surface area contributed by atoms with Gasteiger partial charge in [0.2, 0.25) is 5.91 Å². The molecule has 0 aromatic heterocycles. The maximum Gasteiger partial charge on any atom is 0.241 e. The fraction of sp³-hybridized carbons (Fsp3) is 0.417. The largest absolute Gasteiger partial charge is 0.291 e. The van der Waals surface area contributed by atoms with Crippen LogP contribution in [0.4, 0.5) is 0 Å². The van der Waals surface area contributed by atoms with Gasteiger partial charge in [0.05, 0.1) is 5.92 Å². The predicted octanol–water partition coefficient (Wildman–Crippen LogP) is 1.60. The van der Waals surface area contributed by atoms with Gasteiger partial charge in [0.25, 0.3) is 0 Å². The highest BCUT2D eigenvalue weighted by Gasteiger charge is 2.13. The van der Waals surface area contributed by atoms with Gasteiger partial charge < -0.3 is 0 Å². The summed E-state index contributed by atoms with van der Waals surface area (Å²) < 4.78 is 0. The average molecular weight is 206 g/mol. The standard InChI is InChI=1S/C12H18N2O/c1-4-10-5-7-11(8-6-10)9(2)12(15)14-13-3/h5-9,13H,4H2,1-3H3,(H,14,15). The Labute approximate surface area is 90.9 Å². The zero-order chi connectivity index (χ0) is 11.3. The molecule has 0 radical (unpaired) electrons. The molecule has 0 spiro atoms. The molecule has 0 aliphatic carbocycles. The minimum Gasteiger partial charge on any atom is -0.291 e. The number of nitrogens with one attached hydrogen (secondary N) is 2.